The van der Waals surface area contributed by atoms with Gasteiger partial charge in [-0.3, -0.25) is 9.30 Å². The minimum absolute atomic E-state index is 0.191. The summed E-state index contributed by atoms with van der Waals surface area (Å²) in [6, 6.07) is 16.1. The second kappa shape index (κ2) is 7.95. The molecular weight excluding hydrogens is 328 g/mol. The molecule has 26 heavy (non-hydrogen) atoms. The zero-order chi connectivity index (χ0) is 17.8. The maximum absolute atomic E-state index is 10.4. The van der Waals surface area contributed by atoms with E-state index in [1.54, 1.807) is 0 Å². The van der Waals surface area contributed by atoms with Gasteiger partial charge in [0.2, 0.25) is 0 Å². The maximum Gasteiger partial charge on any atom is 0.160 e. The Labute approximate surface area is 153 Å². The lowest BCUT2D eigenvalue weighted by Crippen LogP contribution is -2.35. The van der Waals surface area contributed by atoms with Crippen LogP contribution in [0, 0.1) is 0 Å². The van der Waals surface area contributed by atoms with Gasteiger partial charge in [0.25, 0.3) is 0 Å². The average Bonchev–Trinajstić information content (AvgIpc) is 3.29. The standard InChI is InChI=1S/C20H24N4O2/c25-17(15-26-14-16-7-2-1-3-8-16)13-23-11-6-9-18(23)20-22-21-19-10-4-5-12-24(19)20/h1-5,7-8,10,12,17-18,25H,6,9,11,13-15H2/t17-,18+/m0/s1. The van der Waals surface area contributed by atoms with E-state index in [0.717, 1.165) is 36.4 Å². The first-order chi connectivity index (χ1) is 12.8. The molecule has 0 unspecified atom stereocenters. The van der Waals surface area contributed by atoms with Crippen LogP contribution in [0.5, 0.6) is 0 Å². The third-order valence-electron chi connectivity index (χ3n) is 4.87. The Bertz CT molecular complexity index is 836. The molecule has 1 fully saturated rings. The number of benzene rings is 1. The molecule has 0 saturated carbocycles. The molecule has 6 heteroatoms. The second-order valence-corrected chi connectivity index (χ2v) is 6.79. The molecule has 0 radical (unpaired) electrons. The van der Waals surface area contributed by atoms with Crippen LogP contribution in [0.2, 0.25) is 0 Å². The molecule has 6 nitrogen and oxygen atoms in total. The van der Waals surface area contributed by atoms with Crippen LogP contribution in [0.4, 0.5) is 0 Å². The van der Waals surface area contributed by atoms with Gasteiger partial charge in [-0.05, 0) is 37.1 Å². The Kier molecular flexibility index (Phi) is 5.24. The van der Waals surface area contributed by atoms with Gasteiger partial charge in [0.05, 0.1) is 25.4 Å². The number of hydrogen-bond donors (Lipinski definition) is 1. The van der Waals surface area contributed by atoms with Crippen LogP contribution in [0.15, 0.2) is 54.7 Å². The van der Waals surface area contributed by atoms with Gasteiger partial charge < -0.3 is 9.84 Å². The largest absolute Gasteiger partial charge is 0.389 e. The van der Waals surface area contributed by atoms with E-state index in [4.69, 9.17) is 4.74 Å². The van der Waals surface area contributed by atoms with Gasteiger partial charge >= 0.3 is 0 Å². The molecule has 0 spiro atoms. The SMILES string of the molecule is O[C@H](COCc1ccccc1)CN1CCC[C@@H]1c1nnc2ccccn12. The van der Waals surface area contributed by atoms with Gasteiger partial charge in [0.1, 0.15) is 0 Å². The van der Waals surface area contributed by atoms with Crippen LogP contribution < -0.4 is 0 Å². The molecule has 3 heterocycles. The van der Waals surface area contributed by atoms with E-state index < -0.39 is 6.10 Å². The van der Waals surface area contributed by atoms with Crippen molar-refractivity contribution >= 4 is 5.65 Å². The van der Waals surface area contributed by atoms with Gasteiger partial charge in [-0.15, -0.1) is 10.2 Å². The molecule has 136 valence electrons. The topological polar surface area (TPSA) is 62.9 Å². The van der Waals surface area contributed by atoms with Crippen molar-refractivity contribution in [2.24, 2.45) is 0 Å². The van der Waals surface area contributed by atoms with Crippen LogP contribution in [-0.2, 0) is 11.3 Å². The van der Waals surface area contributed by atoms with Crippen molar-refractivity contribution in [2.45, 2.75) is 31.6 Å². The number of pyridine rings is 1. The summed E-state index contributed by atoms with van der Waals surface area (Å²) >= 11 is 0. The third kappa shape index (κ3) is 3.77. The van der Waals surface area contributed by atoms with Crippen LogP contribution >= 0.6 is 0 Å². The van der Waals surface area contributed by atoms with E-state index in [1.165, 1.54) is 0 Å². The Balaban J connectivity index is 1.35. The maximum atomic E-state index is 10.4. The Hall–Kier alpha value is -2.28. The molecule has 4 rings (SSSR count). The number of rotatable bonds is 7. The number of nitrogens with zero attached hydrogens (tertiary/aromatic N) is 4. The first-order valence-electron chi connectivity index (χ1n) is 9.15. The molecule has 2 aromatic heterocycles. The zero-order valence-corrected chi connectivity index (χ0v) is 14.7. The van der Waals surface area contributed by atoms with Gasteiger partial charge in [-0.25, -0.2) is 0 Å². The van der Waals surface area contributed by atoms with Gasteiger partial charge in [-0.2, -0.15) is 0 Å². The minimum Gasteiger partial charge on any atom is -0.389 e. The molecular formula is C20H24N4O2. The molecule has 1 N–H and O–H groups in total. The molecule has 1 saturated heterocycles. The van der Waals surface area contributed by atoms with Crippen molar-refractivity contribution < 1.29 is 9.84 Å². The summed E-state index contributed by atoms with van der Waals surface area (Å²) in [7, 11) is 0. The number of ether oxygens (including phenoxy) is 1. The van der Waals surface area contributed by atoms with E-state index >= 15 is 0 Å². The van der Waals surface area contributed by atoms with Crippen molar-refractivity contribution in [1.29, 1.82) is 0 Å². The highest BCUT2D eigenvalue weighted by molar-refractivity contribution is 5.37. The van der Waals surface area contributed by atoms with Gasteiger partial charge in [0, 0.05) is 12.7 Å². The lowest BCUT2D eigenvalue weighted by molar-refractivity contribution is 0.00716. The van der Waals surface area contributed by atoms with Crippen molar-refractivity contribution in [1.82, 2.24) is 19.5 Å². The summed E-state index contributed by atoms with van der Waals surface area (Å²) in [4.78, 5) is 2.29. The fourth-order valence-corrected chi connectivity index (χ4v) is 3.63. The summed E-state index contributed by atoms with van der Waals surface area (Å²) < 4.78 is 7.72. The summed E-state index contributed by atoms with van der Waals surface area (Å²) in [6.45, 7) is 2.40. The third-order valence-corrected chi connectivity index (χ3v) is 4.87. The zero-order valence-electron chi connectivity index (χ0n) is 14.7. The van der Waals surface area contributed by atoms with Crippen molar-refractivity contribution in [3.8, 4) is 0 Å². The lowest BCUT2D eigenvalue weighted by atomic mass is 10.2. The lowest BCUT2D eigenvalue weighted by Gasteiger charge is -2.25. The smallest absolute Gasteiger partial charge is 0.160 e. The van der Waals surface area contributed by atoms with Crippen LogP contribution in [0.25, 0.3) is 5.65 Å². The van der Waals surface area contributed by atoms with E-state index in [9.17, 15) is 5.11 Å². The Morgan fingerprint density at radius 2 is 1.96 bits per heavy atom. The van der Waals surface area contributed by atoms with E-state index in [0.29, 0.717) is 19.8 Å². The molecule has 1 aromatic carbocycles. The van der Waals surface area contributed by atoms with Crippen molar-refractivity contribution in [2.75, 3.05) is 19.7 Å². The summed E-state index contributed by atoms with van der Waals surface area (Å²) in [5.74, 6) is 0.954. The summed E-state index contributed by atoms with van der Waals surface area (Å²) in [5, 5.41) is 19.1. The van der Waals surface area contributed by atoms with Gasteiger partial charge in [-0.1, -0.05) is 36.4 Å². The molecule has 3 aromatic rings. The van der Waals surface area contributed by atoms with Gasteiger partial charge in [0.15, 0.2) is 11.5 Å². The number of β-amino-alcohol motifs (C(OH)–C–C–N with tert-alkyl or cyclic N) is 1. The molecule has 0 bridgehead atoms. The molecule has 1 aliphatic heterocycles. The monoisotopic (exact) mass is 352 g/mol. The second-order valence-electron chi connectivity index (χ2n) is 6.79. The first-order valence-corrected chi connectivity index (χ1v) is 9.15. The summed E-state index contributed by atoms with van der Waals surface area (Å²) in [5.41, 5.74) is 1.98. The van der Waals surface area contributed by atoms with E-state index in [2.05, 4.69) is 15.1 Å². The van der Waals surface area contributed by atoms with Crippen LogP contribution in [-0.4, -0.2) is 50.4 Å². The molecule has 1 aliphatic rings. The molecule has 2 atom stereocenters. The molecule has 0 amide bonds. The number of likely N-dealkylation sites (tertiary alicyclic amines) is 1. The number of fused-ring (bicyclic) bond motifs is 1. The Morgan fingerprint density at radius 1 is 1.12 bits per heavy atom. The van der Waals surface area contributed by atoms with E-state index in [1.807, 2.05) is 59.1 Å². The normalized spacial score (nSPS) is 19.2. The number of aliphatic hydroxyl groups excluding tert-OH is 1. The summed E-state index contributed by atoms with van der Waals surface area (Å²) in [6.07, 6.45) is 3.62. The number of aromatic nitrogens is 3. The predicted molar refractivity (Wildman–Crippen MR) is 98.6 cm³/mol. The highest BCUT2D eigenvalue weighted by Crippen LogP contribution is 2.31. The Morgan fingerprint density at radius 3 is 2.85 bits per heavy atom. The predicted octanol–water partition coefficient (Wildman–Crippen LogP) is 2.44. The highest BCUT2D eigenvalue weighted by atomic mass is 16.5. The number of hydrogen-bond acceptors (Lipinski definition) is 5. The van der Waals surface area contributed by atoms with Crippen LogP contribution in [0.3, 0.4) is 0 Å². The average molecular weight is 352 g/mol. The van der Waals surface area contributed by atoms with E-state index in [-0.39, 0.29) is 6.04 Å². The minimum atomic E-state index is -0.515. The highest BCUT2D eigenvalue weighted by Gasteiger charge is 2.31. The van der Waals surface area contributed by atoms with Crippen molar-refractivity contribution in [3.63, 3.8) is 0 Å². The quantitative estimate of drug-likeness (QED) is 0.708. The first kappa shape index (κ1) is 17.1. The van der Waals surface area contributed by atoms with Crippen LogP contribution in [0.1, 0.15) is 30.3 Å². The van der Waals surface area contributed by atoms with Crippen molar-refractivity contribution in [3.05, 3.63) is 66.1 Å². The molecule has 0 aliphatic carbocycles. The fraction of sp³-hybridized carbons (Fsp3) is 0.400. The number of aliphatic hydroxyl groups is 1. The fourth-order valence-electron chi connectivity index (χ4n) is 3.63.